The monoisotopic (exact) mass is 370 g/mol. The van der Waals surface area contributed by atoms with E-state index in [9.17, 15) is 18.0 Å². The normalized spacial score (nSPS) is 12.9. The fourth-order valence-corrected chi connectivity index (χ4v) is 3.56. The minimum Gasteiger partial charge on any atom is -0.480 e. The van der Waals surface area contributed by atoms with Gasteiger partial charge in [-0.25, -0.2) is 13.1 Å². The van der Waals surface area contributed by atoms with Gasteiger partial charge in [0.1, 0.15) is 6.04 Å². The molecular formula is C8H11BrN4O6S. The number of methoxy groups -OCH3 is 1. The molecule has 0 aromatic carbocycles. The standard InChI is InChI=1S/C8H11BrN4O6S/c1-13-7(6(9)10-12-13)20(17,18)11-4(8(15)16)3-5(14)19-2/h4,11H,3H2,1-2H3,(H,15,16)/t4-/m0/s1. The zero-order valence-corrected chi connectivity index (χ0v) is 12.8. The SMILES string of the molecule is COC(=O)C[C@H](NS(=O)(=O)c1c(Br)nnn1C)C(=O)O. The van der Waals surface area contributed by atoms with Crippen LogP contribution in [0.3, 0.4) is 0 Å². The second-order valence-corrected chi connectivity index (χ2v) is 5.98. The predicted octanol–water partition coefficient (Wildman–Crippen LogP) is -1.13. The maximum absolute atomic E-state index is 12.1. The van der Waals surface area contributed by atoms with E-state index in [2.05, 4.69) is 31.0 Å². The van der Waals surface area contributed by atoms with E-state index in [4.69, 9.17) is 5.11 Å². The van der Waals surface area contributed by atoms with Crippen LogP contribution in [0, 0.1) is 0 Å². The van der Waals surface area contributed by atoms with Gasteiger partial charge in [-0.3, -0.25) is 9.59 Å². The molecule has 1 aromatic heterocycles. The van der Waals surface area contributed by atoms with Crippen molar-refractivity contribution < 1.29 is 27.9 Å². The Balaban J connectivity index is 3.04. The Labute approximate surface area is 122 Å². The quantitative estimate of drug-likeness (QED) is 0.599. The van der Waals surface area contributed by atoms with Crippen molar-refractivity contribution in [1.82, 2.24) is 19.7 Å². The van der Waals surface area contributed by atoms with Gasteiger partial charge in [-0.1, -0.05) is 5.21 Å². The van der Waals surface area contributed by atoms with Gasteiger partial charge in [0, 0.05) is 7.05 Å². The van der Waals surface area contributed by atoms with E-state index < -0.39 is 34.4 Å². The van der Waals surface area contributed by atoms with Crippen LogP contribution in [0.5, 0.6) is 0 Å². The van der Waals surface area contributed by atoms with Crippen LogP contribution in [0.15, 0.2) is 9.63 Å². The van der Waals surface area contributed by atoms with Crippen LogP contribution < -0.4 is 4.72 Å². The molecule has 0 aliphatic carbocycles. The van der Waals surface area contributed by atoms with Gasteiger partial charge in [0.05, 0.1) is 13.5 Å². The molecule has 1 heterocycles. The number of ether oxygens (including phenoxy) is 1. The molecule has 0 aliphatic rings. The van der Waals surface area contributed by atoms with Crippen molar-refractivity contribution in [3.8, 4) is 0 Å². The maximum Gasteiger partial charge on any atom is 0.322 e. The van der Waals surface area contributed by atoms with Crippen LogP contribution in [0.4, 0.5) is 0 Å². The Hall–Kier alpha value is -1.53. The number of carboxylic acid groups (broad SMARTS) is 1. The molecule has 112 valence electrons. The van der Waals surface area contributed by atoms with Crippen LogP contribution in [-0.2, 0) is 31.4 Å². The van der Waals surface area contributed by atoms with Crippen LogP contribution >= 0.6 is 15.9 Å². The topological polar surface area (TPSA) is 140 Å². The summed E-state index contributed by atoms with van der Waals surface area (Å²) in [6.45, 7) is 0. The smallest absolute Gasteiger partial charge is 0.322 e. The Morgan fingerprint density at radius 1 is 1.55 bits per heavy atom. The first-order chi connectivity index (χ1) is 9.19. The van der Waals surface area contributed by atoms with Crippen molar-refractivity contribution in [3.63, 3.8) is 0 Å². The Morgan fingerprint density at radius 2 is 2.15 bits per heavy atom. The number of hydrogen-bond acceptors (Lipinski definition) is 7. The van der Waals surface area contributed by atoms with E-state index in [0.717, 1.165) is 11.8 Å². The third-order valence-electron chi connectivity index (χ3n) is 2.19. The molecule has 0 radical (unpaired) electrons. The van der Waals surface area contributed by atoms with Crippen LogP contribution in [0.1, 0.15) is 6.42 Å². The first-order valence-corrected chi connectivity index (χ1v) is 7.33. The molecule has 0 saturated heterocycles. The number of rotatable bonds is 6. The number of esters is 1. The number of nitrogens with one attached hydrogen (secondary N) is 1. The predicted molar refractivity (Wildman–Crippen MR) is 67.1 cm³/mol. The van der Waals surface area contributed by atoms with Crippen molar-refractivity contribution in [2.45, 2.75) is 17.5 Å². The van der Waals surface area contributed by atoms with Crippen molar-refractivity contribution in [3.05, 3.63) is 4.60 Å². The molecule has 0 unspecified atom stereocenters. The zero-order valence-electron chi connectivity index (χ0n) is 10.4. The van der Waals surface area contributed by atoms with Crippen LogP contribution in [0.2, 0.25) is 0 Å². The fraction of sp³-hybridized carbons (Fsp3) is 0.500. The average molecular weight is 371 g/mol. The van der Waals surface area contributed by atoms with Gasteiger partial charge in [-0.15, -0.1) is 5.10 Å². The van der Waals surface area contributed by atoms with Crippen molar-refractivity contribution in [2.75, 3.05) is 7.11 Å². The number of aliphatic carboxylic acids is 1. The summed E-state index contributed by atoms with van der Waals surface area (Å²) in [4.78, 5) is 22.1. The molecule has 10 nitrogen and oxygen atoms in total. The lowest BCUT2D eigenvalue weighted by molar-refractivity contribution is -0.147. The van der Waals surface area contributed by atoms with Gasteiger partial charge in [0.15, 0.2) is 4.60 Å². The Kier molecular flexibility index (Phi) is 5.19. The summed E-state index contributed by atoms with van der Waals surface area (Å²) in [5, 5.41) is 15.5. The summed E-state index contributed by atoms with van der Waals surface area (Å²) >= 11 is 2.89. The highest BCUT2D eigenvalue weighted by atomic mass is 79.9. The Morgan fingerprint density at radius 3 is 2.55 bits per heavy atom. The zero-order chi connectivity index (χ0) is 15.5. The van der Waals surface area contributed by atoms with Gasteiger partial charge >= 0.3 is 11.9 Å². The number of carbonyl (C=O) groups excluding carboxylic acids is 1. The molecule has 2 N–H and O–H groups in total. The first kappa shape index (κ1) is 16.5. The molecule has 1 atom stereocenters. The number of sulfonamides is 1. The molecule has 0 aliphatic heterocycles. The molecule has 0 fully saturated rings. The minimum absolute atomic E-state index is 0.0743. The highest BCUT2D eigenvalue weighted by Gasteiger charge is 2.31. The van der Waals surface area contributed by atoms with E-state index in [-0.39, 0.29) is 9.63 Å². The molecule has 1 rings (SSSR count). The molecule has 0 saturated carbocycles. The summed E-state index contributed by atoms with van der Waals surface area (Å²) in [5.74, 6) is -2.37. The van der Waals surface area contributed by atoms with Gasteiger partial charge in [0.25, 0.3) is 10.0 Å². The van der Waals surface area contributed by atoms with E-state index in [0.29, 0.717) is 0 Å². The molecule has 1 aromatic rings. The lowest BCUT2D eigenvalue weighted by Gasteiger charge is -2.13. The van der Waals surface area contributed by atoms with Gasteiger partial charge in [-0.05, 0) is 15.9 Å². The van der Waals surface area contributed by atoms with Crippen LogP contribution in [-0.4, -0.2) is 53.6 Å². The largest absolute Gasteiger partial charge is 0.480 e. The fourth-order valence-electron chi connectivity index (χ4n) is 1.28. The third kappa shape index (κ3) is 3.74. The highest BCUT2D eigenvalue weighted by molar-refractivity contribution is 9.10. The summed E-state index contributed by atoms with van der Waals surface area (Å²) in [5.41, 5.74) is 0. The highest BCUT2D eigenvalue weighted by Crippen LogP contribution is 2.18. The van der Waals surface area contributed by atoms with Crippen molar-refractivity contribution in [1.29, 1.82) is 0 Å². The molecule has 0 bridgehead atoms. The molecule has 0 amide bonds. The molecule has 20 heavy (non-hydrogen) atoms. The average Bonchev–Trinajstić information content (AvgIpc) is 2.68. The lowest BCUT2D eigenvalue weighted by atomic mass is 10.2. The summed E-state index contributed by atoms with van der Waals surface area (Å²) in [6, 6.07) is -1.66. The number of halogens is 1. The van der Waals surface area contributed by atoms with E-state index in [1.165, 1.54) is 7.05 Å². The van der Waals surface area contributed by atoms with Gasteiger partial charge in [0.2, 0.25) is 5.03 Å². The number of nitrogens with zero attached hydrogens (tertiary/aromatic N) is 3. The van der Waals surface area contributed by atoms with Crippen molar-refractivity contribution >= 4 is 37.9 Å². The van der Waals surface area contributed by atoms with Crippen LogP contribution in [0.25, 0.3) is 0 Å². The third-order valence-corrected chi connectivity index (χ3v) is 4.54. The minimum atomic E-state index is -4.22. The second-order valence-electron chi connectivity index (χ2n) is 3.60. The molecule has 0 spiro atoms. The van der Waals surface area contributed by atoms with E-state index >= 15 is 0 Å². The van der Waals surface area contributed by atoms with E-state index in [1.54, 1.807) is 0 Å². The summed E-state index contributed by atoms with van der Waals surface area (Å²) in [7, 11) is -1.84. The number of hydrogen-bond donors (Lipinski definition) is 2. The van der Waals surface area contributed by atoms with E-state index in [1.807, 2.05) is 4.72 Å². The lowest BCUT2D eigenvalue weighted by Crippen LogP contribution is -2.43. The van der Waals surface area contributed by atoms with Crippen molar-refractivity contribution in [2.24, 2.45) is 7.05 Å². The maximum atomic E-state index is 12.1. The van der Waals surface area contributed by atoms with Gasteiger partial charge < -0.3 is 9.84 Å². The second kappa shape index (κ2) is 6.28. The number of carbonyl (C=O) groups is 2. The number of carboxylic acids is 1. The number of aryl methyl sites for hydroxylation is 1. The Bertz CT molecular complexity index is 607. The molecule has 12 heteroatoms. The summed E-state index contributed by atoms with van der Waals surface area (Å²) in [6.07, 6.45) is -0.645. The summed E-state index contributed by atoms with van der Waals surface area (Å²) < 4.78 is 31.2. The first-order valence-electron chi connectivity index (χ1n) is 5.06. The van der Waals surface area contributed by atoms with Gasteiger partial charge in [-0.2, -0.15) is 4.72 Å². The number of aromatic nitrogens is 3. The molecular weight excluding hydrogens is 360 g/mol.